The third kappa shape index (κ3) is 4.83. The Bertz CT molecular complexity index is 762. The van der Waals surface area contributed by atoms with Crippen LogP contribution in [0.1, 0.15) is 23.2 Å². The maximum Gasteiger partial charge on any atom is 0.257 e. The molecule has 1 amide bonds. The molecule has 2 aromatic rings. The normalized spacial score (nSPS) is 14.7. The Morgan fingerprint density at radius 1 is 1.12 bits per heavy atom. The molecule has 0 saturated carbocycles. The van der Waals surface area contributed by atoms with Gasteiger partial charge in [-0.1, -0.05) is 35.3 Å². The van der Waals surface area contributed by atoms with Gasteiger partial charge in [0.05, 0.1) is 10.6 Å². The molecule has 140 valence electrons. The van der Waals surface area contributed by atoms with E-state index < -0.39 is 0 Å². The number of rotatable bonds is 4. The number of hydrogen-bond donors (Lipinski definition) is 1. The lowest BCUT2D eigenvalue weighted by Gasteiger charge is -2.32. The summed E-state index contributed by atoms with van der Waals surface area (Å²) in [6.07, 6.45) is 1.91. The summed E-state index contributed by atoms with van der Waals surface area (Å²) in [5, 5.41) is 4.21. The molecule has 1 heterocycles. The number of piperidine rings is 1. The molecule has 0 unspecified atom stereocenters. The first kappa shape index (κ1) is 20.8. The van der Waals surface area contributed by atoms with Crippen molar-refractivity contribution in [3.63, 3.8) is 0 Å². The molecule has 2 aromatic carbocycles. The van der Waals surface area contributed by atoms with E-state index in [4.69, 9.17) is 27.9 Å². The van der Waals surface area contributed by atoms with Crippen molar-refractivity contribution in [2.45, 2.75) is 18.9 Å². The number of hydrogen-bond acceptors (Lipinski definition) is 3. The Hall–Kier alpha value is -1.46. The lowest BCUT2D eigenvalue weighted by atomic mass is 10.0. The van der Waals surface area contributed by atoms with Crippen LogP contribution in [-0.4, -0.2) is 37.0 Å². The summed E-state index contributed by atoms with van der Waals surface area (Å²) < 4.78 is 5.90. The van der Waals surface area contributed by atoms with Crippen LogP contribution in [0, 0.1) is 0 Å². The van der Waals surface area contributed by atoms with E-state index in [1.165, 1.54) is 0 Å². The van der Waals surface area contributed by atoms with E-state index in [0.29, 0.717) is 33.1 Å². The smallest absolute Gasteiger partial charge is 0.257 e. The van der Waals surface area contributed by atoms with Crippen LogP contribution in [-0.2, 0) is 0 Å². The average Bonchev–Trinajstić information content (AvgIpc) is 2.64. The zero-order valence-corrected chi connectivity index (χ0v) is 16.7. The Kier molecular flexibility index (Phi) is 7.59. The third-order valence-electron chi connectivity index (χ3n) is 4.42. The van der Waals surface area contributed by atoms with E-state index in [1.807, 2.05) is 24.1 Å². The van der Waals surface area contributed by atoms with Gasteiger partial charge in [0, 0.05) is 24.2 Å². The van der Waals surface area contributed by atoms with E-state index in [-0.39, 0.29) is 18.3 Å². The number of nitrogens with one attached hydrogen (secondary N) is 1. The van der Waals surface area contributed by atoms with Crippen LogP contribution < -0.4 is 10.1 Å². The molecule has 0 aromatic heterocycles. The van der Waals surface area contributed by atoms with Crippen molar-refractivity contribution in [3.05, 3.63) is 58.1 Å². The summed E-state index contributed by atoms with van der Waals surface area (Å²) in [6, 6.07) is 12.7. The summed E-state index contributed by atoms with van der Waals surface area (Å²) in [4.78, 5) is 14.8. The van der Waals surface area contributed by atoms with Crippen molar-refractivity contribution in [3.8, 4) is 11.5 Å². The summed E-state index contributed by atoms with van der Waals surface area (Å²) >= 11 is 12.1. The molecule has 1 saturated heterocycles. The fraction of sp³-hybridized carbons (Fsp3) is 0.316. The molecule has 26 heavy (non-hydrogen) atoms. The average molecular weight is 416 g/mol. The third-order valence-corrected chi connectivity index (χ3v) is 4.95. The first-order valence-electron chi connectivity index (χ1n) is 8.27. The first-order chi connectivity index (χ1) is 12.1. The zero-order chi connectivity index (χ0) is 17.8. The largest absolute Gasteiger partial charge is 0.455 e. The van der Waals surface area contributed by atoms with Crippen LogP contribution in [0.4, 0.5) is 0 Å². The van der Waals surface area contributed by atoms with Crippen LogP contribution >= 0.6 is 35.6 Å². The molecule has 1 N–H and O–H groups in total. The van der Waals surface area contributed by atoms with E-state index in [1.54, 1.807) is 30.3 Å². The monoisotopic (exact) mass is 414 g/mol. The molecule has 1 aliphatic heterocycles. The van der Waals surface area contributed by atoms with Crippen molar-refractivity contribution < 1.29 is 9.53 Å². The van der Waals surface area contributed by atoms with E-state index in [9.17, 15) is 4.79 Å². The second kappa shape index (κ2) is 9.47. The summed E-state index contributed by atoms with van der Waals surface area (Å²) in [7, 11) is 1.96. The second-order valence-electron chi connectivity index (χ2n) is 6.03. The van der Waals surface area contributed by atoms with Gasteiger partial charge in [-0.2, -0.15) is 0 Å². The Morgan fingerprint density at radius 2 is 1.81 bits per heavy atom. The lowest BCUT2D eigenvalue weighted by molar-refractivity contribution is 0.0705. The Labute approximate surface area is 169 Å². The molecule has 0 atom stereocenters. The summed E-state index contributed by atoms with van der Waals surface area (Å²) in [6.45, 7) is 1.47. The molecule has 1 aliphatic rings. The SMILES string of the molecule is CNC1CCN(C(=O)c2ccccc2Oc2ccc(Cl)cc2Cl)CC1.Cl. The number of para-hydroxylation sites is 1. The van der Waals surface area contributed by atoms with Gasteiger partial charge in [-0.3, -0.25) is 4.79 Å². The first-order valence-corrected chi connectivity index (χ1v) is 9.02. The minimum Gasteiger partial charge on any atom is -0.455 e. The molecule has 0 spiro atoms. The van der Waals surface area contributed by atoms with Crippen LogP contribution in [0.3, 0.4) is 0 Å². The van der Waals surface area contributed by atoms with Crippen molar-refractivity contribution in [2.75, 3.05) is 20.1 Å². The predicted molar refractivity (Wildman–Crippen MR) is 108 cm³/mol. The number of carbonyl (C=O) groups excluding carboxylic acids is 1. The highest BCUT2D eigenvalue weighted by molar-refractivity contribution is 6.35. The van der Waals surface area contributed by atoms with Crippen LogP contribution in [0.5, 0.6) is 11.5 Å². The summed E-state index contributed by atoms with van der Waals surface area (Å²) in [5.41, 5.74) is 0.538. The molecule has 0 aliphatic carbocycles. The van der Waals surface area contributed by atoms with Gasteiger partial charge in [0.25, 0.3) is 5.91 Å². The number of carbonyl (C=O) groups is 1. The van der Waals surface area contributed by atoms with Gasteiger partial charge < -0.3 is 15.0 Å². The number of likely N-dealkylation sites (tertiary alicyclic amines) is 1. The topological polar surface area (TPSA) is 41.6 Å². The van der Waals surface area contributed by atoms with Crippen molar-refractivity contribution in [1.29, 1.82) is 0 Å². The van der Waals surface area contributed by atoms with Crippen molar-refractivity contribution >= 4 is 41.5 Å². The number of halogens is 3. The summed E-state index contributed by atoms with van der Waals surface area (Å²) in [5.74, 6) is 0.947. The lowest BCUT2D eigenvalue weighted by Crippen LogP contribution is -2.44. The number of amides is 1. The van der Waals surface area contributed by atoms with Gasteiger partial charge in [0.1, 0.15) is 11.5 Å². The molecule has 3 rings (SSSR count). The van der Waals surface area contributed by atoms with Gasteiger partial charge in [-0.25, -0.2) is 0 Å². The highest BCUT2D eigenvalue weighted by Gasteiger charge is 2.25. The molecule has 4 nitrogen and oxygen atoms in total. The Morgan fingerprint density at radius 3 is 2.46 bits per heavy atom. The highest BCUT2D eigenvalue weighted by Crippen LogP contribution is 2.33. The van der Waals surface area contributed by atoms with Gasteiger partial charge in [-0.15, -0.1) is 12.4 Å². The highest BCUT2D eigenvalue weighted by atomic mass is 35.5. The molecule has 7 heteroatoms. The van der Waals surface area contributed by atoms with E-state index >= 15 is 0 Å². The zero-order valence-electron chi connectivity index (χ0n) is 14.4. The maximum atomic E-state index is 12.9. The second-order valence-corrected chi connectivity index (χ2v) is 6.87. The van der Waals surface area contributed by atoms with Crippen LogP contribution in [0.2, 0.25) is 10.0 Å². The quantitative estimate of drug-likeness (QED) is 0.761. The number of nitrogens with zero attached hydrogens (tertiary/aromatic N) is 1. The van der Waals surface area contributed by atoms with Crippen LogP contribution in [0.15, 0.2) is 42.5 Å². The van der Waals surface area contributed by atoms with Crippen molar-refractivity contribution in [2.24, 2.45) is 0 Å². The van der Waals surface area contributed by atoms with Gasteiger partial charge in [0.15, 0.2) is 0 Å². The predicted octanol–water partition coefficient (Wildman–Crippen LogP) is 5.03. The minimum absolute atomic E-state index is 0. The molecular formula is C19H21Cl3N2O2. The fourth-order valence-corrected chi connectivity index (χ4v) is 3.40. The molecule has 0 bridgehead atoms. The molecule has 0 radical (unpaired) electrons. The van der Waals surface area contributed by atoms with Crippen LogP contribution in [0.25, 0.3) is 0 Å². The fourth-order valence-electron chi connectivity index (χ4n) is 2.95. The minimum atomic E-state index is -0.0183. The molecule has 1 fully saturated rings. The van der Waals surface area contributed by atoms with Gasteiger partial charge in [-0.05, 0) is 50.2 Å². The Balaban J connectivity index is 0.00000243. The number of ether oxygens (including phenoxy) is 1. The van der Waals surface area contributed by atoms with Gasteiger partial charge >= 0.3 is 0 Å². The van der Waals surface area contributed by atoms with Gasteiger partial charge in [0.2, 0.25) is 0 Å². The van der Waals surface area contributed by atoms with E-state index in [0.717, 1.165) is 25.9 Å². The maximum absolute atomic E-state index is 12.9. The number of benzene rings is 2. The molecular weight excluding hydrogens is 395 g/mol. The van der Waals surface area contributed by atoms with E-state index in [2.05, 4.69) is 5.32 Å². The van der Waals surface area contributed by atoms with Crippen molar-refractivity contribution in [1.82, 2.24) is 10.2 Å². The standard InChI is InChI=1S/C19H20Cl2N2O2.ClH/c1-22-14-8-10-23(11-9-14)19(24)15-4-2-3-5-17(15)25-18-7-6-13(20)12-16(18)21;/h2-7,12,14,22H,8-11H2,1H3;1H.